The zero-order valence-electron chi connectivity index (χ0n) is 13.1. The Labute approximate surface area is 146 Å². The summed E-state index contributed by atoms with van der Waals surface area (Å²) in [6.45, 7) is 3.85. The second kappa shape index (κ2) is 5.99. The van der Waals surface area contributed by atoms with Crippen LogP contribution >= 0.6 is 23.2 Å². The van der Waals surface area contributed by atoms with Crippen molar-refractivity contribution in [3.63, 3.8) is 0 Å². The van der Waals surface area contributed by atoms with Gasteiger partial charge in [-0.3, -0.25) is 9.59 Å². The fourth-order valence-electron chi connectivity index (χ4n) is 2.89. The molecule has 4 nitrogen and oxygen atoms in total. The smallest absolute Gasteiger partial charge is 0.253 e. The van der Waals surface area contributed by atoms with Gasteiger partial charge in [0.15, 0.2) is 0 Å². The summed E-state index contributed by atoms with van der Waals surface area (Å²) in [5, 5.41) is 2.86. The van der Waals surface area contributed by atoms with E-state index in [0.29, 0.717) is 18.5 Å². The molecule has 1 heterocycles. The molecule has 2 fully saturated rings. The van der Waals surface area contributed by atoms with Crippen LogP contribution < -0.4 is 5.32 Å². The summed E-state index contributed by atoms with van der Waals surface area (Å²) in [4.78, 5) is 26.3. The van der Waals surface area contributed by atoms with Gasteiger partial charge in [0, 0.05) is 25.2 Å². The van der Waals surface area contributed by atoms with Crippen LogP contribution in [0, 0.1) is 5.41 Å². The largest absolute Gasteiger partial charge is 0.351 e. The SMILES string of the molecule is C[C@@]1(C(=O)NCc2ccc(C(=O)N3CCCC3)cc2)CC1(Cl)Cl. The molecule has 124 valence electrons. The van der Waals surface area contributed by atoms with Gasteiger partial charge in [0.25, 0.3) is 5.91 Å². The normalized spacial score (nSPS) is 25.3. The average molecular weight is 355 g/mol. The van der Waals surface area contributed by atoms with Crippen molar-refractivity contribution in [2.24, 2.45) is 5.41 Å². The summed E-state index contributed by atoms with van der Waals surface area (Å²) in [6.07, 6.45) is 2.63. The van der Waals surface area contributed by atoms with E-state index in [-0.39, 0.29) is 11.8 Å². The molecule has 1 atom stereocenters. The minimum absolute atomic E-state index is 0.0811. The van der Waals surface area contributed by atoms with Gasteiger partial charge in [-0.25, -0.2) is 0 Å². The molecule has 1 N–H and O–H groups in total. The third-order valence-corrected chi connectivity index (χ3v) is 5.91. The van der Waals surface area contributed by atoms with E-state index in [1.54, 1.807) is 6.92 Å². The molecule has 0 unspecified atom stereocenters. The number of hydrogen-bond donors (Lipinski definition) is 1. The van der Waals surface area contributed by atoms with Gasteiger partial charge >= 0.3 is 0 Å². The van der Waals surface area contributed by atoms with Gasteiger partial charge in [-0.1, -0.05) is 12.1 Å². The molecule has 1 aliphatic heterocycles. The number of hydrogen-bond acceptors (Lipinski definition) is 2. The van der Waals surface area contributed by atoms with E-state index < -0.39 is 9.75 Å². The number of alkyl halides is 2. The second-order valence-electron chi connectivity index (χ2n) is 6.59. The van der Waals surface area contributed by atoms with Crippen molar-refractivity contribution < 1.29 is 9.59 Å². The quantitative estimate of drug-likeness (QED) is 0.844. The Bertz CT molecular complexity index is 624. The number of halogens is 2. The van der Waals surface area contributed by atoms with E-state index >= 15 is 0 Å². The summed E-state index contributed by atoms with van der Waals surface area (Å²) >= 11 is 12.0. The molecule has 2 amide bonds. The molecule has 3 rings (SSSR count). The lowest BCUT2D eigenvalue weighted by Gasteiger charge is -2.16. The number of nitrogens with one attached hydrogen (secondary N) is 1. The molecule has 1 aromatic rings. The molecule has 1 aromatic carbocycles. The summed E-state index contributed by atoms with van der Waals surface area (Å²) in [6, 6.07) is 7.36. The highest BCUT2D eigenvalue weighted by atomic mass is 35.5. The summed E-state index contributed by atoms with van der Waals surface area (Å²) in [5.74, 6) is -0.0580. The highest BCUT2D eigenvalue weighted by Gasteiger charge is 2.67. The Kier molecular flexibility index (Phi) is 4.32. The van der Waals surface area contributed by atoms with E-state index in [1.807, 2.05) is 29.2 Å². The highest BCUT2D eigenvalue weighted by Crippen LogP contribution is 2.63. The van der Waals surface area contributed by atoms with Crippen molar-refractivity contribution >= 4 is 35.0 Å². The first-order chi connectivity index (χ1) is 10.8. The zero-order valence-corrected chi connectivity index (χ0v) is 14.6. The van der Waals surface area contributed by atoms with Crippen molar-refractivity contribution in [2.45, 2.75) is 37.1 Å². The Balaban J connectivity index is 1.56. The summed E-state index contributed by atoms with van der Waals surface area (Å²) in [5.41, 5.74) is 0.925. The van der Waals surface area contributed by atoms with E-state index in [4.69, 9.17) is 23.2 Å². The topological polar surface area (TPSA) is 49.4 Å². The van der Waals surface area contributed by atoms with Crippen LogP contribution in [0.15, 0.2) is 24.3 Å². The third kappa shape index (κ3) is 3.20. The van der Waals surface area contributed by atoms with Crippen molar-refractivity contribution in [3.8, 4) is 0 Å². The lowest BCUT2D eigenvalue weighted by atomic mass is 10.1. The molecular weight excluding hydrogens is 335 g/mol. The van der Waals surface area contributed by atoms with E-state index in [9.17, 15) is 9.59 Å². The lowest BCUT2D eigenvalue weighted by Crippen LogP contribution is -2.32. The van der Waals surface area contributed by atoms with Crippen molar-refractivity contribution in [2.75, 3.05) is 13.1 Å². The first-order valence-electron chi connectivity index (χ1n) is 7.88. The number of amides is 2. The molecule has 0 radical (unpaired) electrons. The predicted octanol–water partition coefficient (Wildman–Crippen LogP) is 3.12. The molecule has 0 spiro atoms. The first kappa shape index (κ1) is 16.6. The van der Waals surface area contributed by atoms with Crippen LogP contribution in [0.5, 0.6) is 0 Å². The maximum atomic E-state index is 12.3. The van der Waals surface area contributed by atoms with Gasteiger partial charge in [0.1, 0.15) is 4.33 Å². The average Bonchev–Trinajstić information content (AvgIpc) is 2.92. The second-order valence-corrected chi connectivity index (χ2v) is 8.08. The number of rotatable bonds is 4. The van der Waals surface area contributed by atoms with E-state index in [2.05, 4.69) is 5.32 Å². The molecule has 2 aliphatic rings. The predicted molar refractivity (Wildman–Crippen MR) is 90.6 cm³/mol. The van der Waals surface area contributed by atoms with Crippen LogP contribution in [-0.4, -0.2) is 34.1 Å². The van der Waals surface area contributed by atoms with Gasteiger partial charge in [-0.15, -0.1) is 23.2 Å². The molecule has 0 aromatic heterocycles. The van der Waals surface area contributed by atoms with Gasteiger partial charge in [0.05, 0.1) is 5.41 Å². The van der Waals surface area contributed by atoms with Gasteiger partial charge in [0.2, 0.25) is 5.91 Å². The number of nitrogens with zero attached hydrogens (tertiary/aromatic N) is 1. The Hall–Kier alpha value is -1.26. The minimum atomic E-state index is -0.955. The Morgan fingerprint density at radius 3 is 2.26 bits per heavy atom. The van der Waals surface area contributed by atoms with Crippen LogP contribution in [0.4, 0.5) is 0 Å². The molecule has 1 saturated heterocycles. The third-order valence-electron chi connectivity index (χ3n) is 4.81. The fraction of sp³-hybridized carbons (Fsp3) is 0.529. The molecule has 0 bridgehead atoms. The van der Waals surface area contributed by atoms with Crippen molar-refractivity contribution in [1.82, 2.24) is 10.2 Å². The van der Waals surface area contributed by atoms with E-state index in [0.717, 1.165) is 31.5 Å². The molecule has 23 heavy (non-hydrogen) atoms. The van der Waals surface area contributed by atoms with Crippen LogP contribution in [-0.2, 0) is 11.3 Å². The summed E-state index contributed by atoms with van der Waals surface area (Å²) in [7, 11) is 0. The molecular formula is C17H20Cl2N2O2. The Morgan fingerprint density at radius 2 is 1.74 bits per heavy atom. The maximum absolute atomic E-state index is 12.3. The molecule has 1 saturated carbocycles. The fourth-order valence-corrected chi connectivity index (χ4v) is 3.60. The summed E-state index contributed by atoms with van der Waals surface area (Å²) < 4.78 is -0.955. The monoisotopic (exact) mass is 354 g/mol. The Morgan fingerprint density at radius 1 is 1.17 bits per heavy atom. The number of likely N-dealkylation sites (tertiary alicyclic amines) is 1. The molecule has 1 aliphatic carbocycles. The van der Waals surface area contributed by atoms with Gasteiger partial charge < -0.3 is 10.2 Å². The van der Waals surface area contributed by atoms with Crippen LogP contribution in [0.1, 0.15) is 42.1 Å². The van der Waals surface area contributed by atoms with E-state index in [1.165, 1.54) is 0 Å². The highest BCUT2D eigenvalue weighted by molar-refractivity contribution is 6.53. The minimum Gasteiger partial charge on any atom is -0.351 e. The zero-order chi connectivity index (χ0) is 16.7. The standard InChI is InChI=1S/C17H20Cl2N2O2/c1-16(11-17(16,18)19)15(23)20-10-12-4-6-13(7-5-12)14(22)21-8-2-3-9-21/h4-7H,2-3,8-11H2,1H3,(H,20,23)/t16-/m0/s1. The first-order valence-corrected chi connectivity index (χ1v) is 8.63. The van der Waals surface area contributed by atoms with Crippen LogP contribution in [0.25, 0.3) is 0 Å². The maximum Gasteiger partial charge on any atom is 0.253 e. The number of benzene rings is 1. The van der Waals surface area contributed by atoms with Gasteiger partial charge in [-0.05, 0) is 43.9 Å². The lowest BCUT2D eigenvalue weighted by molar-refractivity contribution is -0.125. The number of carbonyl (C=O) groups excluding carboxylic acids is 2. The number of carbonyl (C=O) groups is 2. The molecule has 6 heteroatoms. The van der Waals surface area contributed by atoms with Crippen LogP contribution in [0.3, 0.4) is 0 Å². The van der Waals surface area contributed by atoms with Crippen LogP contribution in [0.2, 0.25) is 0 Å². The van der Waals surface area contributed by atoms with Crippen molar-refractivity contribution in [1.29, 1.82) is 0 Å². The van der Waals surface area contributed by atoms with Crippen molar-refractivity contribution in [3.05, 3.63) is 35.4 Å². The van der Waals surface area contributed by atoms with Gasteiger partial charge in [-0.2, -0.15) is 0 Å².